The molecule has 0 amide bonds. The van der Waals surface area contributed by atoms with Crippen LogP contribution in [0, 0.1) is 0 Å². The molecule has 1 unspecified atom stereocenters. The lowest BCUT2D eigenvalue weighted by atomic mass is 10.1. The number of nitrogens with zero attached hydrogens (tertiary/aromatic N) is 1. The van der Waals surface area contributed by atoms with Gasteiger partial charge in [0, 0.05) is 13.1 Å². The molecule has 1 aromatic rings. The maximum Gasteiger partial charge on any atom is 0.243 e. The van der Waals surface area contributed by atoms with Crippen LogP contribution in [-0.2, 0) is 10.0 Å². The molecule has 19 heavy (non-hydrogen) atoms. The molecule has 108 valence electrons. The highest BCUT2D eigenvalue weighted by molar-refractivity contribution is 7.89. The van der Waals surface area contributed by atoms with Crippen LogP contribution in [0.4, 0.5) is 0 Å². The second-order valence-corrected chi connectivity index (χ2v) is 6.54. The summed E-state index contributed by atoms with van der Waals surface area (Å²) in [7, 11) is -3.46. The number of hydrogen-bond donors (Lipinski definition) is 1. The lowest BCUT2D eigenvalue weighted by Crippen LogP contribution is -2.31. The third-order valence-electron chi connectivity index (χ3n) is 3.09. The number of aliphatic hydroxyl groups is 1. The van der Waals surface area contributed by atoms with Gasteiger partial charge in [0.2, 0.25) is 10.0 Å². The summed E-state index contributed by atoms with van der Waals surface area (Å²) < 4.78 is 26.5. The van der Waals surface area contributed by atoms with Crippen molar-refractivity contribution in [3.8, 4) is 0 Å². The third-order valence-corrected chi connectivity index (χ3v) is 5.06. The summed E-state index contributed by atoms with van der Waals surface area (Å²) in [4.78, 5) is 0.254. The molecular formula is C14H23NO3S. The fourth-order valence-electron chi connectivity index (χ4n) is 1.87. The van der Waals surface area contributed by atoms with E-state index in [1.807, 2.05) is 13.8 Å². The average molecular weight is 285 g/mol. The molecule has 0 aliphatic carbocycles. The Labute approximate surface area is 116 Å². The van der Waals surface area contributed by atoms with Crippen LogP contribution in [0.2, 0.25) is 0 Å². The SMILES string of the molecule is CCCCN(CC)S(=O)(=O)c1cccc(C(C)O)c1. The van der Waals surface area contributed by atoms with Gasteiger partial charge in [0.25, 0.3) is 0 Å². The quantitative estimate of drug-likeness (QED) is 0.837. The Morgan fingerprint density at radius 1 is 1.32 bits per heavy atom. The first-order valence-electron chi connectivity index (χ1n) is 6.71. The van der Waals surface area contributed by atoms with Crippen molar-refractivity contribution in [1.29, 1.82) is 0 Å². The van der Waals surface area contributed by atoms with Gasteiger partial charge in [-0.3, -0.25) is 0 Å². The fraction of sp³-hybridized carbons (Fsp3) is 0.571. The number of unbranched alkanes of at least 4 members (excludes halogenated alkanes) is 1. The molecule has 1 N–H and O–H groups in total. The third kappa shape index (κ3) is 4.03. The van der Waals surface area contributed by atoms with Gasteiger partial charge in [0.05, 0.1) is 11.0 Å². The van der Waals surface area contributed by atoms with Gasteiger partial charge in [-0.15, -0.1) is 0 Å². The Bertz CT molecular complexity index is 497. The van der Waals surface area contributed by atoms with E-state index in [0.29, 0.717) is 18.7 Å². The Balaban J connectivity index is 3.07. The van der Waals surface area contributed by atoms with E-state index in [4.69, 9.17) is 0 Å². The van der Waals surface area contributed by atoms with Gasteiger partial charge < -0.3 is 5.11 Å². The number of rotatable bonds is 7. The Morgan fingerprint density at radius 2 is 2.00 bits per heavy atom. The summed E-state index contributed by atoms with van der Waals surface area (Å²) in [6.45, 7) is 6.50. The Hall–Kier alpha value is -0.910. The van der Waals surface area contributed by atoms with E-state index in [9.17, 15) is 13.5 Å². The normalized spacial score (nSPS) is 13.7. The van der Waals surface area contributed by atoms with Crippen molar-refractivity contribution in [2.24, 2.45) is 0 Å². The van der Waals surface area contributed by atoms with Crippen LogP contribution in [0.5, 0.6) is 0 Å². The van der Waals surface area contributed by atoms with Crippen molar-refractivity contribution in [3.63, 3.8) is 0 Å². The Morgan fingerprint density at radius 3 is 2.53 bits per heavy atom. The van der Waals surface area contributed by atoms with Crippen molar-refractivity contribution in [1.82, 2.24) is 4.31 Å². The summed E-state index contributed by atoms with van der Waals surface area (Å²) >= 11 is 0. The second-order valence-electron chi connectivity index (χ2n) is 4.60. The van der Waals surface area contributed by atoms with Crippen LogP contribution >= 0.6 is 0 Å². The monoisotopic (exact) mass is 285 g/mol. The minimum absolute atomic E-state index is 0.254. The van der Waals surface area contributed by atoms with Gasteiger partial charge in [-0.1, -0.05) is 32.4 Å². The van der Waals surface area contributed by atoms with Crippen molar-refractivity contribution in [2.75, 3.05) is 13.1 Å². The lowest BCUT2D eigenvalue weighted by molar-refractivity contribution is 0.199. The van der Waals surface area contributed by atoms with E-state index in [2.05, 4.69) is 0 Å². The molecule has 0 heterocycles. The molecule has 1 atom stereocenters. The summed E-state index contributed by atoms with van der Waals surface area (Å²) in [6, 6.07) is 6.53. The second kappa shape index (κ2) is 7.03. The fourth-order valence-corrected chi connectivity index (χ4v) is 3.41. The molecule has 4 nitrogen and oxygen atoms in total. The van der Waals surface area contributed by atoms with Crippen LogP contribution < -0.4 is 0 Å². The largest absolute Gasteiger partial charge is 0.389 e. The van der Waals surface area contributed by atoms with Crippen LogP contribution in [0.3, 0.4) is 0 Å². The zero-order valence-electron chi connectivity index (χ0n) is 11.8. The van der Waals surface area contributed by atoms with Crippen LogP contribution in [0.1, 0.15) is 45.3 Å². The molecule has 0 aromatic heterocycles. The minimum Gasteiger partial charge on any atom is -0.389 e. The maximum atomic E-state index is 12.5. The first kappa shape index (κ1) is 16.1. The standard InChI is InChI=1S/C14H23NO3S/c1-4-6-10-15(5-2)19(17,18)14-9-7-8-13(11-14)12(3)16/h7-9,11-12,16H,4-6,10H2,1-3H3. The van der Waals surface area contributed by atoms with E-state index in [0.717, 1.165) is 12.8 Å². The van der Waals surface area contributed by atoms with Crippen LogP contribution in [-0.4, -0.2) is 30.9 Å². The molecule has 1 aromatic carbocycles. The van der Waals surface area contributed by atoms with Crippen LogP contribution in [0.15, 0.2) is 29.2 Å². The topological polar surface area (TPSA) is 57.6 Å². The van der Waals surface area contributed by atoms with Crippen molar-refractivity contribution >= 4 is 10.0 Å². The van der Waals surface area contributed by atoms with Gasteiger partial charge in [0.1, 0.15) is 0 Å². The van der Waals surface area contributed by atoms with E-state index < -0.39 is 16.1 Å². The van der Waals surface area contributed by atoms with Gasteiger partial charge in [-0.25, -0.2) is 8.42 Å². The van der Waals surface area contributed by atoms with Gasteiger partial charge in [-0.05, 0) is 31.0 Å². The lowest BCUT2D eigenvalue weighted by Gasteiger charge is -2.20. The summed E-state index contributed by atoms with van der Waals surface area (Å²) in [5.74, 6) is 0. The van der Waals surface area contributed by atoms with Crippen molar-refractivity contribution < 1.29 is 13.5 Å². The van der Waals surface area contributed by atoms with Gasteiger partial charge >= 0.3 is 0 Å². The van der Waals surface area contributed by atoms with Crippen molar-refractivity contribution in [2.45, 2.75) is 44.6 Å². The zero-order chi connectivity index (χ0) is 14.5. The van der Waals surface area contributed by atoms with E-state index in [1.54, 1.807) is 31.2 Å². The highest BCUT2D eigenvalue weighted by Gasteiger charge is 2.22. The predicted octanol–water partition coefficient (Wildman–Crippen LogP) is 2.55. The highest BCUT2D eigenvalue weighted by Crippen LogP contribution is 2.20. The van der Waals surface area contributed by atoms with E-state index in [-0.39, 0.29) is 4.90 Å². The first-order valence-corrected chi connectivity index (χ1v) is 8.15. The van der Waals surface area contributed by atoms with E-state index >= 15 is 0 Å². The minimum atomic E-state index is -3.46. The molecule has 0 bridgehead atoms. The molecule has 1 rings (SSSR count). The summed E-state index contributed by atoms with van der Waals surface area (Å²) in [6.07, 6.45) is 1.14. The molecule has 0 aliphatic rings. The first-order chi connectivity index (χ1) is 8.93. The molecule has 0 saturated heterocycles. The summed E-state index contributed by atoms with van der Waals surface area (Å²) in [5, 5.41) is 9.54. The number of sulfonamides is 1. The smallest absolute Gasteiger partial charge is 0.243 e. The maximum absolute atomic E-state index is 12.5. The van der Waals surface area contributed by atoms with Crippen LogP contribution in [0.25, 0.3) is 0 Å². The van der Waals surface area contributed by atoms with Gasteiger partial charge in [-0.2, -0.15) is 4.31 Å². The molecular weight excluding hydrogens is 262 g/mol. The molecule has 0 spiro atoms. The number of hydrogen-bond acceptors (Lipinski definition) is 3. The predicted molar refractivity (Wildman–Crippen MR) is 76.4 cm³/mol. The molecule has 0 fully saturated rings. The number of benzene rings is 1. The molecule has 0 radical (unpaired) electrons. The molecule has 0 saturated carbocycles. The average Bonchev–Trinajstić information content (AvgIpc) is 2.39. The highest BCUT2D eigenvalue weighted by atomic mass is 32.2. The molecule has 5 heteroatoms. The van der Waals surface area contributed by atoms with Gasteiger partial charge in [0.15, 0.2) is 0 Å². The number of aliphatic hydroxyl groups excluding tert-OH is 1. The molecule has 0 aliphatic heterocycles. The van der Waals surface area contributed by atoms with Crippen molar-refractivity contribution in [3.05, 3.63) is 29.8 Å². The Kier molecular flexibility index (Phi) is 5.97. The zero-order valence-corrected chi connectivity index (χ0v) is 12.7. The summed E-state index contributed by atoms with van der Waals surface area (Å²) in [5.41, 5.74) is 0.618. The van der Waals surface area contributed by atoms with E-state index in [1.165, 1.54) is 4.31 Å².